The van der Waals surface area contributed by atoms with Gasteiger partial charge in [0.15, 0.2) is 0 Å². The molecule has 1 aliphatic rings. The van der Waals surface area contributed by atoms with Crippen LogP contribution in [0.15, 0.2) is 67.4 Å². The number of hydrogen-bond donors (Lipinski definition) is 1. The van der Waals surface area contributed by atoms with Crippen LogP contribution in [0.5, 0.6) is 0 Å². The lowest BCUT2D eigenvalue weighted by Gasteiger charge is -2.35. The molecule has 1 saturated carbocycles. The molecular weight excluding hydrogens is 394 g/mol. The minimum Gasteiger partial charge on any atom is -0.361 e. The van der Waals surface area contributed by atoms with Crippen LogP contribution in [0.1, 0.15) is 49.7 Å². The van der Waals surface area contributed by atoms with Crippen molar-refractivity contribution in [1.82, 2.24) is 24.6 Å². The molecule has 0 unspecified atom stereocenters. The Labute approximate surface area is 190 Å². The SMILES string of the molecule is CN(Cc1ccccc1)C1CCC(CCCc2c[nH]c3ccc(-n4cnnc4)cc23)CC1. The maximum Gasteiger partial charge on any atom is 0.123 e. The maximum atomic E-state index is 3.93. The highest BCUT2D eigenvalue weighted by Gasteiger charge is 2.23. The number of H-pyrrole nitrogens is 1. The van der Waals surface area contributed by atoms with Crippen LogP contribution in [0, 0.1) is 5.92 Å². The number of aryl methyl sites for hydroxylation is 1. The second kappa shape index (κ2) is 9.70. The van der Waals surface area contributed by atoms with Crippen LogP contribution in [-0.4, -0.2) is 37.7 Å². The van der Waals surface area contributed by atoms with Crippen molar-refractivity contribution >= 4 is 10.9 Å². The summed E-state index contributed by atoms with van der Waals surface area (Å²) in [7, 11) is 2.29. The summed E-state index contributed by atoms with van der Waals surface area (Å²) in [4.78, 5) is 6.00. The van der Waals surface area contributed by atoms with Gasteiger partial charge in [0.2, 0.25) is 0 Å². The van der Waals surface area contributed by atoms with E-state index in [4.69, 9.17) is 0 Å². The molecule has 1 aliphatic carbocycles. The Bertz CT molecular complexity index is 1110. The number of aromatic nitrogens is 4. The fourth-order valence-electron chi connectivity index (χ4n) is 5.32. The predicted molar refractivity (Wildman–Crippen MR) is 130 cm³/mol. The van der Waals surface area contributed by atoms with Gasteiger partial charge in [-0.1, -0.05) is 36.8 Å². The van der Waals surface area contributed by atoms with Crippen molar-refractivity contribution in [1.29, 1.82) is 0 Å². The lowest BCUT2D eigenvalue weighted by molar-refractivity contribution is 0.155. The zero-order chi connectivity index (χ0) is 21.8. The minimum absolute atomic E-state index is 0.733. The molecule has 0 radical (unpaired) electrons. The van der Waals surface area contributed by atoms with Gasteiger partial charge in [-0.2, -0.15) is 0 Å². The van der Waals surface area contributed by atoms with E-state index >= 15 is 0 Å². The first-order valence-electron chi connectivity index (χ1n) is 12.0. The Kier molecular flexibility index (Phi) is 6.35. The molecule has 0 atom stereocenters. The summed E-state index contributed by atoms with van der Waals surface area (Å²) in [5.74, 6) is 0.883. The molecule has 0 aliphatic heterocycles. The molecule has 2 aromatic heterocycles. The van der Waals surface area contributed by atoms with Gasteiger partial charge in [0.05, 0.1) is 0 Å². The van der Waals surface area contributed by atoms with Gasteiger partial charge in [0.1, 0.15) is 12.7 Å². The smallest absolute Gasteiger partial charge is 0.123 e. The molecule has 1 N–H and O–H groups in total. The van der Waals surface area contributed by atoms with Crippen molar-refractivity contribution in [3.8, 4) is 5.69 Å². The van der Waals surface area contributed by atoms with Crippen LogP contribution < -0.4 is 0 Å². The highest BCUT2D eigenvalue weighted by Crippen LogP contribution is 2.31. The van der Waals surface area contributed by atoms with E-state index in [2.05, 4.69) is 81.9 Å². The van der Waals surface area contributed by atoms with E-state index < -0.39 is 0 Å². The summed E-state index contributed by atoms with van der Waals surface area (Å²) < 4.78 is 1.96. The van der Waals surface area contributed by atoms with E-state index in [1.807, 2.05) is 4.57 Å². The van der Waals surface area contributed by atoms with Crippen molar-refractivity contribution in [3.05, 3.63) is 78.5 Å². The summed E-state index contributed by atoms with van der Waals surface area (Å²) in [5, 5.41) is 9.18. The molecule has 0 spiro atoms. The van der Waals surface area contributed by atoms with E-state index in [0.717, 1.165) is 30.6 Å². The highest BCUT2D eigenvalue weighted by molar-refractivity contribution is 5.85. The van der Waals surface area contributed by atoms with Gasteiger partial charge in [-0.15, -0.1) is 10.2 Å². The Hall–Kier alpha value is -2.92. The average Bonchev–Trinajstić information content (AvgIpc) is 3.50. The molecule has 0 saturated heterocycles. The summed E-state index contributed by atoms with van der Waals surface area (Å²) in [6.45, 7) is 1.06. The molecule has 1 fully saturated rings. The van der Waals surface area contributed by atoms with Gasteiger partial charge < -0.3 is 4.98 Å². The molecule has 5 rings (SSSR count). The van der Waals surface area contributed by atoms with Crippen LogP contribution in [0.3, 0.4) is 0 Å². The Balaban J connectivity index is 1.11. The number of rotatable bonds is 8. The number of nitrogens with one attached hydrogen (secondary N) is 1. The molecular formula is C27H33N5. The van der Waals surface area contributed by atoms with Gasteiger partial charge in [0.25, 0.3) is 0 Å². The van der Waals surface area contributed by atoms with Crippen LogP contribution in [-0.2, 0) is 13.0 Å². The fourth-order valence-corrected chi connectivity index (χ4v) is 5.32. The molecule has 0 amide bonds. The largest absolute Gasteiger partial charge is 0.361 e. The van der Waals surface area contributed by atoms with E-state index in [0.29, 0.717) is 0 Å². The first kappa shape index (κ1) is 21.0. The Morgan fingerprint density at radius 2 is 1.78 bits per heavy atom. The lowest BCUT2D eigenvalue weighted by atomic mass is 9.82. The first-order chi connectivity index (χ1) is 15.8. The van der Waals surface area contributed by atoms with Crippen LogP contribution in [0.2, 0.25) is 0 Å². The zero-order valence-electron chi connectivity index (χ0n) is 19.0. The van der Waals surface area contributed by atoms with Crippen molar-refractivity contribution in [2.75, 3.05) is 7.05 Å². The third-order valence-corrected chi connectivity index (χ3v) is 7.24. The number of benzene rings is 2. The average molecular weight is 428 g/mol. The molecule has 0 bridgehead atoms. The molecule has 5 nitrogen and oxygen atoms in total. The fraction of sp³-hybridized carbons (Fsp3) is 0.407. The van der Waals surface area contributed by atoms with Crippen LogP contribution in [0.25, 0.3) is 16.6 Å². The summed E-state index contributed by atoms with van der Waals surface area (Å²) in [5.41, 5.74) is 5.16. The molecule has 2 heterocycles. The number of aromatic amines is 1. The predicted octanol–water partition coefficient (Wildman–Crippen LogP) is 5.76. The van der Waals surface area contributed by atoms with Crippen LogP contribution in [0.4, 0.5) is 0 Å². The first-order valence-corrected chi connectivity index (χ1v) is 12.0. The van der Waals surface area contributed by atoms with E-state index in [1.165, 1.54) is 60.6 Å². The molecule has 166 valence electrons. The van der Waals surface area contributed by atoms with E-state index in [1.54, 1.807) is 12.7 Å². The van der Waals surface area contributed by atoms with Gasteiger partial charge in [-0.25, -0.2) is 0 Å². The maximum absolute atomic E-state index is 3.93. The lowest BCUT2D eigenvalue weighted by Crippen LogP contribution is -2.34. The Morgan fingerprint density at radius 3 is 2.56 bits per heavy atom. The minimum atomic E-state index is 0.733. The summed E-state index contributed by atoms with van der Waals surface area (Å²) in [6, 6.07) is 18.1. The highest BCUT2D eigenvalue weighted by atomic mass is 15.2. The van der Waals surface area contributed by atoms with Crippen molar-refractivity contribution in [2.24, 2.45) is 5.92 Å². The van der Waals surface area contributed by atoms with Crippen molar-refractivity contribution in [3.63, 3.8) is 0 Å². The van der Waals surface area contributed by atoms with Crippen molar-refractivity contribution in [2.45, 2.75) is 57.5 Å². The third-order valence-electron chi connectivity index (χ3n) is 7.24. The Morgan fingerprint density at radius 1 is 1.00 bits per heavy atom. The second-order valence-electron chi connectivity index (χ2n) is 9.38. The zero-order valence-corrected chi connectivity index (χ0v) is 19.0. The normalized spacial score (nSPS) is 19.1. The van der Waals surface area contributed by atoms with Gasteiger partial charge in [0, 0.05) is 35.4 Å². The molecule has 2 aromatic carbocycles. The quantitative estimate of drug-likeness (QED) is 0.389. The molecule has 5 heteroatoms. The number of hydrogen-bond acceptors (Lipinski definition) is 3. The van der Waals surface area contributed by atoms with Crippen LogP contribution >= 0.6 is 0 Å². The van der Waals surface area contributed by atoms with Gasteiger partial charge in [-0.3, -0.25) is 9.47 Å². The third kappa shape index (κ3) is 4.78. The number of nitrogens with zero attached hydrogens (tertiary/aromatic N) is 4. The standard InChI is InChI=1S/C27H33N5/c1-31(18-22-6-3-2-4-7-22)24-12-10-21(11-13-24)8-5-9-23-17-28-27-15-14-25(16-26(23)27)32-19-29-30-20-32/h2-4,6-7,14-17,19-21,24,28H,5,8-13,18H2,1H3. The second-order valence-corrected chi connectivity index (χ2v) is 9.38. The van der Waals surface area contributed by atoms with Gasteiger partial charge in [-0.05, 0) is 80.8 Å². The van der Waals surface area contributed by atoms with Crippen molar-refractivity contribution < 1.29 is 0 Å². The van der Waals surface area contributed by atoms with E-state index in [9.17, 15) is 0 Å². The molecule has 32 heavy (non-hydrogen) atoms. The monoisotopic (exact) mass is 427 g/mol. The topological polar surface area (TPSA) is 49.7 Å². The number of fused-ring (bicyclic) bond motifs is 1. The molecule has 4 aromatic rings. The van der Waals surface area contributed by atoms with E-state index in [-0.39, 0.29) is 0 Å². The summed E-state index contributed by atoms with van der Waals surface area (Å²) >= 11 is 0. The summed E-state index contributed by atoms with van der Waals surface area (Å²) in [6.07, 6.45) is 14.8. The van der Waals surface area contributed by atoms with Gasteiger partial charge >= 0.3 is 0 Å².